The minimum atomic E-state index is -4.16. The van der Waals surface area contributed by atoms with E-state index in [-0.39, 0.29) is 42.3 Å². The van der Waals surface area contributed by atoms with E-state index in [2.05, 4.69) is 15.0 Å². The SMILES string of the molecule is N/C=C1/C[C@]2(C(=O)c3ccccn3)CN(S(=O)(=O)c3cncc(F)c3)CCC2=CC1=Nc1ccc(F)cc1. The third kappa shape index (κ3) is 4.66. The quantitative estimate of drug-likeness (QED) is 0.494. The summed E-state index contributed by atoms with van der Waals surface area (Å²) in [7, 11) is -4.16. The van der Waals surface area contributed by atoms with Gasteiger partial charge in [0.25, 0.3) is 0 Å². The Labute approximate surface area is 218 Å². The molecular weight excluding hydrogens is 512 g/mol. The number of nitrogens with two attached hydrogens (primary N) is 1. The number of aromatic nitrogens is 2. The first-order valence-electron chi connectivity index (χ1n) is 11.8. The molecule has 1 fully saturated rings. The highest BCUT2D eigenvalue weighted by Crippen LogP contribution is 2.47. The molecule has 0 bridgehead atoms. The number of halogens is 2. The Kier molecular flexibility index (Phi) is 6.72. The molecule has 1 aliphatic carbocycles. The minimum absolute atomic E-state index is 0.0629. The Morgan fingerprint density at radius 2 is 1.89 bits per heavy atom. The van der Waals surface area contributed by atoms with E-state index in [1.165, 1.54) is 41.0 Å². The number of pyridine rings is 2. The van der Waals surface area contributed by atoms with Crippen LogP contribution in [-0.2, 0) is 10.0 Å². The Morgan fingerprint density at radius 3 is 2.58 bits per heavy atom. The summed E-state index contributed by atoms with van der Waals surface area (Å²) >= 11 is 0. The molecule has 3 aromatic rings. The molecule has 2 N–H and O–H groups in total. The molecule has 0 amide bonds. The van der Waals surface area contributed by atoms with Gasteiger partial charge in [0.2, 0.25) is 10.0 Å². The average Bonchev–Trinajstić information content (AvgIpc) is 2.93. The zero-order valence-corrected chi connectivity index (χ0v) is 20.9. The van der Waals surface area contributed by atoms with Crippen molar-refractivity contribution in [2.45, 2.75) is 17.7 Å². The molecule has 8 nitrogen and oxygen atoms in total. The molecular formula is C27H23F2N5O3S. The van der Waals surface area contributed by atoms with Crippen molar-refractivity contribution in [2.24, 2.45) is 16.1 Å². The lowest BCUT2D eigenvalue weighted by molar-refractivity contribution is 0.0770. The van der Waals surface area contributed by atoms with Crippen LogP contribution in [0.4, 0.5) is 14.5 Å². The van der Waals surface area contributed by atoms with Crippen molar-refractivity contribution in [3.63, 3.8) is 0 Å². The fourth-order valence-electron chi connectivity index (χ4n) is 4.85. The highest BCUT2D eigenvalue weighted by molar-refractivity contribution is 7.89. The second-order valence-corrected chi connectivity index (χ2v) is 11.0. The molecule has 11 heteroatoms. The first-order valence-corrected chi connectivity index (χ1v) is 13.2. The molecule has 2 aromatic heterocycles. The minimum Gasteiger partial charge on any atom is -0.404 e. The molecule has 1 aliphatic heterocycles. The maximum atomic E-state index is 14.0. The fourth-order valence-corrected chi connectivity index (χ4v) is 6.33. The van der Waals surface area contributed by atoms with Gasteiger partial charge in [0.15, 0.2) is 5.78 Å². The molecule has 5 rings (SSSR count). The smallest absolute Gasteiger partial charge is 0.244 e. The van der Waals surface area contributed by atoms with E-state index in [0.717, 1.165) is 18.5 Å². The van der Waals surface area contributed by atoms with Gasteiger partial charge >= 0.3 is 0 Å². The maximum Gasteiger partial charge on any atom is 0.244 e. The Hall–Kier alpha value is -4.09. The number of piperidine rings is 1. The van der Waals surface area contributed by atoms with Gasteiger partial charge in [0.1, 0.15) is 22.2 Å². The number of aliphatic imine (C=N–C) groups is 1. The Morgan fingerprint density at radius 1 is 1.11 bits per heavy atom. The van der Waals surface area contributed by atoms with Crippen LogP contribution in [0.2, 0.25) is 0 Å². The Bertz CT molecular complexity index is 1590. The summed E-state index contributed by atoms with van der Waals surface area (Å²) in [4.78, 5) is 26.2. The summed E-state index contributed by atoms with van der Waals surface area (Å²) in [5, 5.41) is 0. The van der Waals surface area contributed by atoms with Crippen molar-refractivity contribution in [1.82, 2.24) is 14.3 Å². The molecule has 0 saturated carbocycles. The van der Waals surface area contributed by atoms with Crippen molar-refractivity contribution in [3.8, 4) is 0 Å². The zero-order valence-electron chi connectivity index (χ0n) is 20.1. The second-order valence-electron chi connectivity index (χ2n) is 9.07. The van der Waals surface area contributed by atoms with E-state index in [1.807, 2.05) is 0 Å². The third-order valence-electron chi connectivity index (χ3n) is 6.75. The van der Waals surface area contributed by atoms with E-state index in [9.17, 15) is 22.0 Å². The number of hydrogen-bond donors (Lipinski definition) is 1. The van der Waals surface area contributed by atoms with E-state index < -0.39 is 27.1 Å². The highest BCUT2D eigenvalue weighted by atomic mass is 32.2. The number of benzene rings is 1. The van der Waals surface area contributed by atoms with Crippen LogP contribution in [-0.4, -0.2) is 47.3 Å². The van der Waals surface area contributed by atoms with Gasteiger partial charge in [-0.3, -0.25) is 14.8 Å². The van der Waals surface area contributed by atoms with Crippen LogP contribution in [0.3, 0.4) is 0 Å². The first-order chi connectivity index (χ1) is 18.2. The number of carbonyl (C=O) groups excluding carboxylic acids is 1. The van der Waals surface area contributed by atoms with Gasteiger partial charge in [-0.15, -0.1) is 0 Å². The summed E-state index contributed by atoms with van der Waals surface area (Å²) in [6.45, 7) is -0.137. The monoisotopic (exact) mass is 535 g/mol. The van der Waals surface area contributed by atoms with Crippen LogP contribution in [0.15, 0.2) is 100 Å². The van der Waals surface area contributed by atoms with Crippen LogP contribution in [0.25, 0.3) is 0 Å². The number of hydrogen-bond acceptors (Lipinski definition) is 7. The molecule has 0 unspecified atom stereocenters. The van der Waals surface area contributed by atoms with Gasteiger partial charge in [0.05, 0.1) is 23.0 Å². The normalized spacial score (nSPS) is 22.2. The molecule has 1 saturated heterocycles. The molecule has 38 heavy (non-hydrogen) atoms. The second kappa shape index (κ2) is 9.99. The summed E-state index contributed by atoms with van der Waals surface area (Å²) in [6, 6.07) is 11.5. The summed E-state index contributed by atoms with van der Waals surface area (Å²) in [5.74, 6) is -1.54. The standard InChI is InChI=1S/C27H23F2N5O3S/c28-20-4-6-22(7-5-20)33-25-11-19-8-10-34(38(36,37)23-12-21(29)15-31-16-23)17-27(19,13-18(25)14-30)26(35)24-3-1-2-9-32-24/h1-7,9,11-12,14-16H,8,10,13,17,30H2/b18-14-,33-25?/t27-/m0/s1. The number of rotatable bonds is 5. The van der Waals surface area contributed by atoms with E-state index in [1.54, 1.807) is 24.3 Å². The van der Waals surface area contributed by atoms with Gasteiger partial charge in [-0.1, -0.05) is 11.6 Å². The van der Waals surface area contributed by atoms with Gasteiger partial charge in [-0.05, 0) is 73.2 Å². The van der Waals surface area contributed by atoms with Gasteiger partial charge in [-0.25, -0.2) is 22.2 Å². The molecule has 2 aliphatic rings. The van der Waals surface area contributed by atoms with E-state index >= 15 is 0 Å². The molecule has 3 heterocycles. The summed E-state index contributed by atoms with van der Waals surface area (Å²) in [5.41, 5.74) is 7.06. The number of Topliss-reactive ketones (excluding diaryl/α,β-unsaturated/α-hetero) is 1. The Balaban J connectivity index is 1.62. The van der Waals surface area contributed by atoms with Crippen molar-refractivity contribution in [3.05, 3.63) is 108 Å². The fraction of sp³-hybridized carbons (Fsp3) is 0.185. The lowest BCUT2D eigenvalue weighted by Gasteiger charge is -2.45. The average molecular weight is 536 g/mol. The lowest BCUT2D eigenvalue weighted by atomic mass is 9.64. The van der Waals surface area contributed by atoms with Crippen LogP contribution >= 0.6 is 0 Å². The molecule has 1 aromatic carbocycles. The first kappa shape index (κ1) is 25.6. The number of carbonyl (C=O) groups is 1. The highest BCUT2D eigenvalue weighted by Gasteiger charge is 2.51. The van der Waals surface area contributed by atoms with Crippen molar-refractivity contribution >= 4 is 27.2 Å². The van der Waals surface area contributed by atoms with Gasteiger partial charge in [-0.2, -0.15) is 4.31 Å². The number of nitrogens with zero attached hydrogens (tertiary/aromatic N) is 4. The lowest BCUT2D eigenvalue weighted by Crippen LogP contribution is -2.53. The summed E-state index contributed by atoms with van der Waals surface area (Å²) in [6.07, 6.45) is 6.87. The van der Waals surface area contributed by atoms with Gasteiger partial charge in [0, 0.05) is 25.5 Å². The number of allylic oxidation sites excluding steroid dienone is 2. The molecule has 0 radical (unpaired) electrons. The van der Waals surface area contributed by atoms with Crippen LogP contribution in [0.5, 0.6) is 0 Å². The van der Waals surface area contributed by atoms with Crippen molar-refractivity contribution in [1.29, 1.82) is 0 Å². The predicted molar refractivity (Wildman–Crippen MR) is 137 cm³/mol. The van der Waals surface area contributed by atoms with E-state index in [4.69, 9.17) is 5.73 Å². The molecule has 0 spiro atoms. The van der Waals surface area contributed by atoms with Crippen LogP contribution in [0.1, 0.15) is 23.3 Å². The number of fused-ring (bicyclic) bond motifs is 1. The summed E-state index contributed by atoms with van der Waals surface area (Å²) < 4.78 is 55.4. The molecule has 194 valence electrons. The van der Waals surface area contributed by atoms with Crippen LogP contribution in [0, 0.1) is 17.0 Å². The number of sulfonamides is 1. The maximum absolute atomic E-state index is 14.0. The van der Waals surface area contributed by atoms with E-state index in [0.29, 0.717) is 22.5 Å². The largest absolute Gasteiger partial charge is 0.404 e. The number of ketones is 1. The van der Waals surface area contributed by atoms with Crippen molar-refractivity contribution in [2.75, 3.05) is 13.1 Å². The van der Waals surface area contributed by atoms with Crippen LogP contribution < -0.4 is 5.73 Å². The topological polar surface area (TPSA) is 119 Å². The van der Waals surface area contributed by atoms with Gasteiger partial charge < -0.3 is 5.73 Å². The predicted octanol–water partition coefficient (Wildman–Crippen LogP) is 3.96. The zero-order chi connectivity index (χ0) is 26.9. The van der Waals surface area contributed by atoms with Crippen molar-refractivity contribution < 1.29 is 22.0 Å². The molecule has 1 atom stereocenters. The third-order valence-corrected chi connectivity index (χ3v) is 8.56.